The van der Waals surface area contributed by atoms with Crippen LogP contribution in [0.5, 0.6) is 0 Å². The van der Waals surface area contributed by atoms with Gasteiger partial charge in [0.2, 0.25) is 11.8 Å². The number of allylic oxidation sites excluding steroid dienone is 1. The summed E-state index contributed by atoms with van der Waals surface area (Å²) in [6, 6.07) is 0. The summed E-state index contributed by atoms with van der Waals surface area (Å²) < 4.78 is 62.2. The summed E-state index contributed by atoms with van der Waals surface area (Å²) in [4.78, 5) is 88.0. The number of phosphoric acid groups is 3. The number of anilines is 1. The van der Waals surface area contributed by atoms with Crippen molar-refractivity contribution in [2.45, 2.75) is 109 Å². The van der Waals surface area contributed by atoms with Crippen LogP contribution in [0.4, 0.5) is 5.82 Å². The first-order valence-electron chi connectivity index (χ1n) is 19.3. The Labute approximate surface area is 361 Å². The molecule has 29 heteroatoms. The lowest BCUT2D eigenvalue weighted by atomic mass is 9.87. The molecule has 1 aliphatic rings. The molecular formula is C33H56N7O18P3S. The molecule has 352 valence electrons. The van der Waals surface area contributed by atoms with Gasteiger partial charge in [0, 0.05) is 37.1 Å². The van der Waals surface area contributed by atoms with Gasteiger partial charge in [0.25, 0.3) is 0 Å². The summed E-state index contributed by atoms with van der Waals surface area (Å²) in [7, 11) is -16.4. The zero-order chi connectivity index (χ0) is 46.3. The fourth-order valence-corrected chi connectivity index (χ4v) is 9.21. The lowest BCUT2D eigenvalue weighted by Gasteiger charge is -2.30. The number of aromatic nitrogens is 4. The maximum Gasteiger partial charge on any atom is 0.481 e. The van der Waals surface area contributed by atoms with Crippen LogP contribution in [0.3, 0.4) is 0 Å². The Balaban J connectivity index is 1.39. The third-order valence-electron chi connectivity index (χ3n) is 8.98. The second-order valence-corrected chi connectivity index (χ2v) is 20.1. The Morgan fingerprint density at radius 1 is 1.02 bits per heavy atom. The van der Waals surface area contributed by atoms with Crippen LogP contribution in [0.25, 0.3) is 11.2 Å². The number of rotatable bonds is 28. The van der Waals surface area contributed by atoms with E-state index < -0.39 is 90.7 Å². The molecule has 2 aromatic heterocycles. The normalized spacial score (nSPS) is 21.4. The summed E-state index contributed by atoms with van der Waals surface area (Å²) >= 11 is 1.05. The SMILES string of the molecule is CCCC/C=C/CC(O)CCCC(=O)SCCNC(=O)CCNC(=O)C(O)C(C)(C)COP(=O)(O)OP(=O)(O)OCC1OC(n2cnc3c(N)ncnc32)C(O)C1OP(=O)(O)O. The highest BCUT2D eigenvalue weighted by molar-refractivity contribution is 8.13. The molecule has 11 N–H and O–H groups in total. The van der Waals surface area contributed by atoms with E-state index in [0.717, 1.165) is 48.2 Å². The number of amides is 2. The highest BCUT2D eigenvalue weighted by Crippen LogP contribution is 2.61. The van der Waals surface area contributed by atoms with Gasteiger partial charge in [-0.3, -0.25) is 32.5 Å². The van der Waals surface area contributed by atoms with Crippen LogP contribution >= 0.6 is 35.2 Å². The largest absolute Gasteiger partial charge is 0.481 e. The number of aliphatic hydroxyl groups excluding tert-OH is 3. The number of hydrogen-bond acceptors (Lipinski definition) is 19. The summed E-state index contributed by atoms with van der Waals surface area (Å²) in [6.07, 6.45) is 1.58. The first-order chi connectivity index (χ1) is 28.9. The summed E-state index contributed by atoms with van der Waals surface area (Å²) in [5.41, 5.74) is 4.25. The van der Waals surface area contributed by atoms with E-state index in [-0.39, 0.29) is 48.0 Å². The molecule has 2 amide bonds. The molecule has 8 atom stereocenters. The van der Waals surface area contributed by atoms with E-state index in [1.54, 1.807) is 0 Å². The molecule has 0 aliphatic carbocycles. The van der Waals surface area contributed by atoms with Gasteiger partial charge in [-0.25, -0.2) is 28.6 Å². The smallest absolute Gasteiger partial charge is 0.393 e. The van der Waals surface area contributed by atoms with Crippen molar-refractivity contribution in [1.82, 2.24) is 30.2 Å². The van der Waals surface area contributed by atoms with Crippen LogP contribution in [-0.2, 0) is 50.7 Å². The molecule has 25 nitrogen and oxygen atoms in total. The molecule has 0 spiro atoms. The maximum atomic E-state index is 12.7. The second kappa shape index (κ2) is 24.5. The van der Waals surface area contributed by atoms with E-state index in [2.05, 4.69) is 41.3 Å². The van der Waals surface area contributed by atoms with Gasteiger partial charge in [-0.05, 0) is 25.7 Å². The molecule has 62 heavy (non-hydrogen) atoms. The minimum absolute atomic E-state index is 0.0272. The predicted molar refractivity (Wildman–Crippen MR) is 220 cm³/mol. The number of imidazole rings is 1. The number of carbonyl (C=O) groups is 3. The van der Waals surface area contributed by atoms with Crippen molar-refractivity contribution >= 4 is 69.1 Å². The van der Waals surface area contributed by atoms with E-state index in [9.17, 15) is 63.0 Å². The lowest BCUT2D eigenvalue weighted by molar-refractivity contribution is -0.137. The number of nitrogens with one attached hydrogen (secondary N) is 2. The van der Waals surface area contributed by atoms with Crippen LogP contribution in [0, 0.1) is 5.41 Å². The van der Waals surface area contributed by atoms with Crippen LogP contribution in [-0.4, -0.2) is 134 Å². The van der Waals surface area contributed by atoms with Gasteiger partial charge in [0.15, 0.2) is 22.8 Å². The molecule has 2 aromatic rings. The quantitative estimate of drug-likeness (QED) is 0.0327. The number of hydrogen-bond donors (Lipinski definition) is 10. The minimum Gasteiger partial charge on any atom is -0.393 e. The molecule has 1 aliphatic heterocycles. The number of thioether (sulfide) groups is 1. The Morgan fingerprint density at radius 3 is 2.42 bits per heavy atom. The number of carbonyl (C=O) groups excluding carboxylic acids is 3. The predicted octanol–water partition coefficient (Wildman–Crippen LogP) is 1.33. The number of nitrogen functional groups attached to an aromatic ring is 1. The number of aliphatic hydroxyl groups is 3. The van der Waals surface area contributed by atoms with E-state index >= 15 is 0 Å². The number of phosphoric ester groups is 3. The monoisotopic (exact) mass is 963 g/mol. The molecule has 1 fully saturated rings. The standard InChI is InChI=1S/C33H56N7O18P3S/c1-4-5-6-7-8-10-21(41)11-9-12-24(43)62-16-15-35-23(42)13-14-36-31(46)28(45)33(2,3)18-55-61(52,53)58-60(50,51)54-17-22-27(57-59(47,48)49)26(44)32(56-22)40-20-39-25-29(34)37-19-38-30(25)40/h7-8,19-22,26-28,32,41,44-45H,4-6,9-18H2,1-3H3,(H,35,42)(H,36,46)(H,50,51)(H,52,53)(H2,34,37,38)(H2,47,48,49)/b8-7+. The Bertz CT molecular complexity index is 1970. The molecule has 0 aromatic carbocycles. The molecule has 3 rings (SSSR count). The van der Waals surface area contributed by atoms with Crippen LogP contribution in [0.15, 0.2) is 24.8 Å². The third-order valence-corrected chi connectivity index (χ3v) is 13.0. The van der Waals surface area contributed by atoms with E-state index in [1.165, 1.54) is 13.8 Å². The van der Waals surface area contributed by atoms with Gasteiger partial charge < -0.3 is 56.0 Å². The van der Waals surface area contributed by atoms with Gasteiger partial charge in [-0.15, -0.1) is 0 Å². The van der Waals surface area contributed by atoms with E-state index in [0.29, 0.717) is 25.0 Å². The number of unbranched alkanes of at least 4 members (excludes halogenated alkanes) is 2. The highest BCUT2D eigenvalue weighted by Gasteiger charge is 2.50. The maximum absolute atomic E-state index is 12.7. The van der Waals surface area contributed by atoms with Crippen molar-refractivity contribution in [1.29, 1.82) is 0 Å². The number of fused-ring (bicyclic) bond motifs is 1. The molecule has 1 saturated heterocycles. The van der Waals surface area contributed by atoms with Gasteiger partial charge in [0.05, 0.1) is 25.6 Å². The van der Waals surface area contributed by atoms with E-state index in [1.807, 2.05) is 12.2 Å². The first-order valence-corrected chi connectivity index (χ1v) is 24.8. The van der Waals surface area contributed by atoms with Gasteiger partial charge in [0.1, 0.15) is 36.3 Å². The highest BCUT2D eigenvalue weighted by atomic mass is 32.2. The summed E-state index contributed by atoms with van der Waals surface area (Å²) in [6.45, 7) is 2.54. The van der Waals surface area contributed by atoms with E-state index in [4.69, 9.17) is 19.5 Å². The summed E-state index contributed by atoms with van der Waals surface area (Å²) in [5, 5.41) is 36.4. The van der Waals surface area contributed by atoms with Gasteiger partial charge in [-0.1, -0.05) is 57.5 Å². The Hall–Kier alpha value is -2.74. The van der Waals surface area contributed by atoms with Gasteiger partial charge in [-0.2, -0.15) is 4.31 Å². The summed E-state index contributed by atoms with van der Waals surface area (Å²) in [5.74, 6) is -1.17. The topological polar surface area (TPSA) is 384 Å². The van der Waals surface area contributed by atoms with Gasteiger partial charge >= 0.3 is 23.5 Å². The average Bonchev–Trinajstić information content (AvgIpc) is 3.74. The van der Waals surface area contributed by atoms with Crippen LogP contribution in [0.2, 0.25) is 0 Å². The molecule has 0 radical (unpaired) electrons. The van der Waals surface area contributed by atoms with Crippen LogP contribution < -0.4 is 16.4 Å². The van der Waals surface area contributed by atoms with Crippen molar-refractivity contribution < 1.29 is 85.6 Å². The minimum atomic E-state index is -5.58. The zero-order valence-corrected chi connectivity index (χ0v) is 37.7. The fraction of sp³-hybridized carbons (Fsp3) is 0.697. The molecule has 0 bridgehead atoms. The Morgan fingerprint density at radius 2 is 1.73 bits per heavy atom. The van der Waals surface area contributed by atoms with Crippen molar-refractivity contribution in [2.24, 2.45) is 5.41 Å². The van der Waals surface area contributed by atoms with Crippen molar-refractivity contribution in [2.75, 3.05) is 37.8 Å². The number of nitrogens with zero attached hydrogens (tertiary/aromatic N) is 4. The first kappa shape index (κ1) is 53.6. The third kappa shape index (κ3) is 18.0. The Kier molecular flexibility index (Phi) is 21.2. The number of ether oxygens (including phenoxy) is 1. The fourth-order valence-electron chi connectivity index (χ4n) is 5.66. The molecule has 3 heterocycles. The van der Waals surface area contributed by atoms with Crippen LogP contribution in [0.1, 0.15) is 78.4 Å². The lowest BCUT2D eigenvalue weighted by Crippen LogP contribution is -2.46. The molecule has 8 unspecified atom stereocenters. The van der Waals surface area contributed by atoms with Crippen molar-refractivity contribution in [3.8, 4) is 0 Å². The van der Waals surface area contributed by atoms with Crippen molar-refractivity contribution in [3.63, 3.8) is 0 Å². The second-order valence-electron chi connectivity index (χ2n) is 14.7. The molecular weight excluding hydrogens is 907 g/mol. The van der Waals surface area contributed by atoms with Crippen molar-refractivity contribution in [3.05, 3.63) is 24.8 Å². The zero-order valence-electron chi connectivity index (χ0n) is 34.2. The number of nitrogens with two attached hydrogens (primary N) is 1. The average molecular weight is 964 g/mol. The molecule has 0 saturated carbocycles.